The third-order valence-electron chi connectivity index (χ3n) is 3.59. The third kappa shape index (κ3) is 4.11. The Morgan fingerprint density at radius 3 is 2.64 bits per heavy atom. The molecule has 0 fully saturated rings. The van der Waals surface area contributed by atoms with Gasteiger partial charge in [0.25, 0.3) is 0 Å². The maximum Gasteiger partial charge on any atom is 0.234 e. The van der Waals surface area contributed by atoms with Gasteiger partial charge in [0.05, 0.1) is 12.0 Å². The highest BCUT2D eigenvalue weighted by atomic mass is 32.2. The molecule has 1 N–H and O–H groups in total. The van der Waals surface area contributed by atoms with Crippen LogP contribution in [0.25, 0.3) is 11.6 Å². The van der Waals surface area contributed by atoms with E-state index in [4.69, 9.17) is 4.42 Å². The van der Waals surface area contributed by atoms with E-state index in [0.717, 1.165) is 11.3 Å². The predicted octanol–water partition coefficient (Wildman–Crippen LogP) is 4.16. The van der Waals surface area contributed by atoms with Crippen molar-refractivity contribution >= 4 is 23.4 Å². The van der Waals surface area contributed by atoms with Gasteiger partial charge in [-0.1, -0.05) is 29.5 Å². The fourth-order valence-electron chi connectivity index (χ4n) is 2.38. The number of thioether (sulfide) groups is 1. The van der Waals surface area contributed by atoms with Crippen LogP contribution < -0.4 is 5.32 Å². The standard InChI is InChI=1S/C18H20N4O2S/c1-12(2)22-17(15-5-4-10-24-15)20-21-18(22)25-11-16(23)19-14-8-6-13(3)7-9-14/h4-10,12H,11H2,1-3H3,(H,19,23). The van der Waals surface area contributed by atoms with Crippen molar-refractivity contribution in [1.29, 1.82) is 0 Å². The van der Waals surface area contributed by atoms with Gasteiger partial charge in [-0.15, -0.1) is 10.2 Å². The van der Waals surface area contributed by atoms with Gasteiger partial charge in [0, 0.05) is 11.7 Å². The quantitative estimate of drug-likeness (QED) is 0.672. The first-order chi connectivity index (χ1) is 12.0. The molecule has 2 heterocycles. The molecule has 1 amide bonds. The van der Waals surface area contributed by atoms with Crippen LogP contribution >= 0.6 is 11.8 Å². The smallest absolute Gasteiger partial charge is 0.234 e. The van der Waals surface area contributed by atoms with E-state index >= 15 is 0 Å². The first kappa shape index (κ1) is 17.3. The van der Waals surface area contributed by atoms with Crippen molar-refractivity contribution in [3.8, 4) is 11.6 Å². The second-order valence-corrected chi connectivity index (χ2v) is 6.89. The average Bonchev–Trinajstić information content (AvgIpc) is 3.24. The second-order valence-electron chi connectivity index (χ2n) is 5.95. The summed E-state index contributed by atoms with van der Waals surface area (Å²) >= 11 is 1.36. The number of furan rings is 1. The highest BCUT2D eigenvalue weighted by Crippen LogP contribution is 2.27. The zero-order valence-corrected chi connectivity index (χ0v) is 15.2. The van der Waals surface area contributed by atoms with Gasteiger partial charge in [0.15, 0.2) is 10.9 Å². The van der Waals surface area contributed by atoms with Crippen molar-refractivity contribution in [2.75, 3.05) is 11.1 Å². The molecule has 0 spiro atoms. The van der Waals surface area contributed by atoms with E-state index in [-0.39, 0.29) is 17.7 Å². The Morgan fingerprint density at radius 1 is 1.24 bits per heavy atom. The lowest BCUT2D eigenvalue weighted by Gasteiger charge is -2.12. The number of aromatic nitrogens is 3. The molecule has 3 aromatic rings. The van der Waals surface area contributed by atoms with Crippen molar-refractivity contribution in [2.45, 2.75) is 32.0 Å². The number of benzene rings is 1. The Morgan fingerprint density at radius 2 is 2.00 bits per heavy atom. The molecule has 6 nitrogen and oxygen atoms in total. The maximum atomic E-state index is 12.2. The lowest BCUT2D eigenvalue weighted by atomic mass is 10.2. The van der Waals surface area contributed by atoms with Crippen LogP contribution in [-0.4, -0.2) is 26.4 Å². The highest BCUT2D eigenvalue weighted by Gasteiger charge is 2.19. The lowest BCUT2D eigenvalue weighted by Crippen LogP contribution is -2.15. The topological polar surface area (TPSA) is 73.0 Å². The zero-order valence-electron chi connectivity index (χ0n) is 14.4. The number of nitrogens with one attached hydrogen (secondary N) is 1. The van der Waals surface area contributed by atoms with Crippen LogP contribution in [0.4, 0.5) is 5.69 Å². The Hall–Kier alpha value is -2.54. The SMILES string of the molecule is Cc1ccc(NC(=O)CSc2nnc(-c3ccco3)n2C(C)C)cc1. The molecule has 1 aromatic carbocycles. The zero-order chi connectivity index (χ0) is 17.8. The van der Waals surface area contributed by atoms with E-state index in [1.165, 1.54) is 11.8 Å². The van der Waals surface area contributed by atoms with Crippen LogP contribution in [0.2, 0.25) is 0 Å². The van der Waals surface area contributed by atoms with Crippen LogP contribution in [0, 0.1) is 6.92 Å². The van der Waals surface area contributed by atoms with E-state index in [1.807, 2.05) is 61.7 Å². The Bertz CT molecular complexity index is 839. The molecule has 0 unspecified atom stereocenters. The van der Waals surface area contributed by atoms with Gasteiger partial charge in [-0.2, -0.15) is 0 Å². The molecule has 130 valence electrons. The number of nitrogens with zero attached hydrogens (tertiary/aromatic N) is 3. The molecule has 3 rings (SSSR count). The van der Waals surface area contributed by atoms with Crippen molar-refractivity contribution in [3.05, 3.63) is 48.2 Å². The molecular weight excluding hydrogens is 336 g/mol. The minimum absolute atomic E-state index is 0.0771. The molecule has 25 heavy (non-hydrogen) atoms. The minimum atomic E-state index is -0.0771. The van der Waals surface area contributed by atoms with Crippen LogP contribution in [0.15, 0.2) is 52.2 Å². The van der Waals surface area contributed by atoms with Crippen molar-refractivity contribution in [1.82, 2.24) is 14.8 Å². The van der Waals surface area contributed by atoms with Crippen LogP contribution in [0.5, 0.6) is 0 Å². The van der Waals surface area contributed by atoms with Crippen molar-refractivity contribution < 1.29 is 9.21 Å². The second kappa shape index (κ2) is 7.57. The van der Waals surface area contributed by atoms with Gasteiger partial charge in [-0.05, 0) is 45.0 Å². The third-order valence-corrected chi connectivity index (χ3v) is 4.53. The van der Waals surface area contributed by atoms with Crippen molar-refractivity contribution in [3.63, 3.8) is 0 Å². The van der Waals surface area contributed by atoms with Crippen LogP contribution in [-0.2, 0) is 4.79 Å². The van der Waals surface area contributed by atoms with E-state index in [0.29, 0.717) is 16.7 Å². The number of hydrogen-bond acceptors (Lipinski definition) is 5. The Labute approximate surface area is 150 Å². The first-order valence-corrected chi connectivity index (χ1v) is 9.01. The van der Waals surface area contributed by atoms with Gasteiger partial charge in [0.2, 0.25) is 11.7 Å². The summed E-state index contributed by atoms with van der Waals surface area (Å²) in [5.41, 5.74) is 1.95. The van der Waals surface area contributed by atoms with Gasteiger partial charge < -0.3 is 9.73 Å². The summed E-state index contributed by atoms with van der Waals surface area (Å²) in [6.07, 6.45) is 1.61. The molecule has 7 heteroatoms. The Balaban J connectivity index is 1.68. The summed E-state index contributed by atoms with van der Waals surface area (Å²) in [7, 11) is 0. The van der Waals surface area contributed by atoms with E-state index in [1.54, 1.807) is 6.26 Å². The summed E-state index contributed by atoms with van der Waals surface area (Å²) in [4.78, 5) is 12.2. The molecule has 0 saturated carbocycles. The predicted molar refractivity (Wildman–Crippen MR) is 98.6 cm³/mol. The van der Waals surface area contributed by atoms with Crippen molar-refractivity contribution in [2.24, 2.45) is 0 Å². The largest absolute Gasteiger partial charge is 0.461 e. The minimum Gasteiger partial charge on any atom is -0.461 e. The van der Waals surface area contributed by atoms with E-state index in [9.17, 15) is 4.79 Å². The summed E-state index contributed by atoms with van der Waals surface area (Å²) < 4.78 is 7.40. The first-order valence-electron chi connectivity index (χ1n) is 8.02. The van der Waals surface area contributed by atoms with Crippen LogP contribution in [0.3, 0.4) is 0 Å². The number of carbonyl (C=O) groups is 1. The van der Waals surface area contributed by atoms with E-state index in [2.05, 4.69) is 15.5 Å². The van der Waals surface area contributed by atoms with Gasteiger partial charge in [0.1, 0.15) is 0 Å². The summed E-state index contributed by atoms with van der Waals surface area (Å²) in [6.45, 7) is 6.11. The fraction of sp³-hybridized carbons (Fsp3) is 0.278. The molecule has 0 aliphatic carbocycles. The average molecular weight is 356 g/mol. The Kier molecular flexibility index (Phi) is 5.23. The summed E-state index contributed by atoms with van der Waals surface area (Å²) in [5.74, 6) is 1.52. The summed E-state index contributed by atoms with van der Waals surface area (Å²) in [6, 6.07) is 11.5. The monoisotopic (exact) mass is 356 g/mol. The number of rotatable bonds is 6. The lowest BCUT2D eigenvalue weighted by molar-refractivity contribution is -0.113. The molecular formula is C18H20N4O2S. The molecule has 0 bridgehead atoms. The number of carbonyl (C=O) groups excluding carboxylic acids is 1. The summed E-state index contributed by atoms with van der Waals surface area (Å²) in [5, 5.41) is 12.0. The van der Waals surface area contributed by atoms with E-state index < -0.39 is 0 Å². The fourth-order valence-corrected chi connectivity index (χ4v) is 3.25. The molecule has 0 saturated heterocycles. The normalized spacial score (nSPS) is 11.0. The number of anilines is 1. The molecule has 0 aliphatic heterocycles. The van der Waals surface area contributed by atoms with Gasteiger partial charge in [-0.3, -0.25) is 9.36 Å². The highest BCUT2D eigenvalue weighted by molar-refractivity contribution is 7.99. The molecule has 2 aromatic heterocycles. The molecule has 0 atom stereocenters. The van der Waals surface area contributed by atoms with Crippen LogP contribution in [0.1, 0.15) is 25.5 Å². The maximum absolute atomic E-state index is 12.2. The number of amides is 1. The molecule has 0 aliphatic rings. The number of aryl methyl sites for hydroxylation is 1. The van der Waals surface area contributed by atoms with Gasteiger partial charge in [-0.25, -0.2) is 0 Å². The molecule has 0 radical (unpaired) electrons. The number of hydrogen-bond donors (Lipinski definition) is 1. The van der Waals surface area contributed by atoms with Gasteiger partial charge >= 0.3 is 0 Å².